The van der Waals surface area contributed by atoms with E-state index in [-0.39, 0.29) is 5.56 Å². The number of pyridine rings is 1. The van der Waals surface area contributed by atoms with Crippen LogP contribution in [0.2, 0.25) is 0 Å². The van der Waals surface area contributed by atoms with Crippen LogP contribution in [0.3, 0.4) is 0 Å². The quantitative estimate of drug-likeness (QED) is 0.501. The van der Waals surface area contributed by atoms with Gasteiger partial charge in [-0.1, -0.05) is 12.0 Å². The highest BCUT2D eigenvalue weighted by molar-refractivity contribution is 7.99. The summed E-state index contributed by atoms with van der Waals surface area (Å²) in [5.74, 6) is 6.79. The number of rotatable bonds is 4. The minimum absolute atomic E-state index is 0.114. The molecule has 144 valence electrons. The van der Waals surface area contributed by atoms with Crippen molar-refractivity contribution in [1.82, 2.24) is 24.1 Å². The van der Waals surface area contributed by atoms with Crippen molar-refractivity contribution in [2.75, 3.05) is 18.0 Å². The monoisotopic (exact) mass is 394 g/mol. The van der Waals surface area contributed by atoms with Crippen LogP contribution < -0.4 is 10.5 Å². The first-order valence-corrected chi connectivity index (χ1v) is 10.2. The molecule has 0 unspecified atom stereocenters. The van der Waals surface area contributed by atoms with E-state index in [9.17, 15) is 4.79 Å². The fourth-order valence-corrected chi connectivity index (χ4v) is 4.16. The fourth-order valence-electron chi connectivity index (χ4n) is 3.36. The molecule has 0 radical (unpaired) electrons. The fraction of sp³-hybridized carbons (Fsp3) is 0.400. The molecule has 0 spiro atoms. The largest absolute Gasteiger partial charge is 0.342 e. The van der Waals surface area contributed by atoms with Gasteiger partial charge >= 0.3 is 0 Å². The average molecular weight is 395 g/mol. The van der Waals surface area contributed by atoms with Crippen LogP contribution in [0, 0.1) is 11.8 Å². The maximum Gasteiger partial charge on any atom is 0.280 e. The molecule has 3 aromatic rings. The van der Waals surface area contributed by atoms with Crippen LogP contribution in [0.1, 0.15) is 26.2 Å². The topological polar surface area (TPSA) is 68.8 Å². The van der Waals surface area contributed by atoms with Gasteiger partial charge in [0.15, 0.2) is 16.3 Å². The Labute approximate surface area is 167 Å². The molecule has 0 aliphatic carbocycles. The van der Waals surface area contributed by atoms with Crippen molar-refractivity contribution in [2.24, 2.45) is 7.05 Å². The van der Waals surface area contributed by atoms with Crippen molar-refractivity contribution in [3.63, 3.8) is 0 Å². The van der Waals surface area contributed by atoms with E-state index in [1.807, 2.05) is 22.8 Å². The Kier molecular flexibility index (Phi) is 5.35. The van der Waals surface area contributed by atoms with Crippen LogP contribution in [0.15, 0.2) is 39.4 Å². The van der Waals surface area contributed by atoms with Crippen LogP contribution in [0.4, 0.5) is 5.95 Å². The van der Waals surface area contributed by atoms with Gasteiger partial charge in [0.25, 0.3) is 5.56 Å². The summed E-state index contributed by atoms with van der Waals surface area (Å²) in [6, 6.07) is 5.68. The summed E-state index contributed by atoms with van der Waals surface area (Å²) in [6.45, 7) is 4.12. The molecule has 0 saturated carbocycles. The maximum atomic E-state index is 13.2. The van der Waals surface area contributed by atoms with Crippen LogP contribution in [-0.4, -0.2) is 37.2 Å². The summed E-state index contributed by atoms with van der Waals surface area (Å²) in [5, 5.41) is 1.37. The average Bonchev–Trinajstić information content (AvgIpc) is 3.10. The first-order chi connectivity index (χ1) is 13.7. The first kappa shape index (κ1) is 18.6. The van der Waals surface area contributed by atoms with Gasteiger partial charge < -0.3 is 4.90 Å². The minimum Gasteiger partial charge on any atom is -0.342 e. The lowest BCUT2D eigenvalue weighted by atomic mass is 10.1. The molecule has 0 bridgehead atoms. The number of piperidine rings is 1. The Hall–Kier alpha value is -2.79. The van der Waals surface area contributed by atoms with Gasteiger partial charge in [-0.2, -0.15) is 4.98 Å². The van der Waals surface area contributed by atoms with Crippen LogP contribution in [0.25, 0.3) is 11.2 Å². The second-order valence-corrected chi connectivity index (χ2v) is 7.66. The summed E-state index contributed by atoms with van der Waals surface area (Å²) in [5.41, 5.74) is 0.869. The normalized spacial score (nSPS) is 14.1. The molecule has 0 atom stereocenters. The predicted molar refractivity (Wildman–Crippen MR) is 111 cm³/mol. The van der Waals surface area contributed by atoms with E-state index in [2.05, 4.69) is 21.7 Å². The van der Waals surface area contributed by atoms with E-state index >= 15 is 0 Å². The summed E-state index contributed by atoms with van der Waals surface area (Å²) in [6.07, 6.45) is 5.23. The van der Waals surface area contributed by atoms with E-state index in [0.717, 1.165) is 36.9 Å². The Balaban J connectivity index is 1.85. The summed E-state index contributed by atoms with van der Waals surface area (Å²) >= 11 is 1.36. The van der Waals surface area contributed by atoms with Gasteiger partial charge in [-0.3, -0.25) is 13.9 Å². The SMILES string of the molecule is CC#CCn1c(N2CCCCC2)nc2nc(Sc3ccccn3)n(C)c(=O)c21. The van der Waals surface area contributed by atoms with Crippen molar-refractivity contribution >= 4 is 28.9 Å². The van der Waals surface area contributed by atoms with Gasteiger partial charge in [-0.15, -0.1) is 5.92 Å². The van der Waals surface area contributed by atoms with Crippen LogP contribution >= 0.6 is 11.8 Å². The molecule has 1 aliphatic heterocycles. The van der Waals surface area contributed by atoms with Gasteiger partial charge in [0.05, 0.1) is 6.54 Å². The number of hydrogen-bond donors (Lipinski definition) is 0. The molecular formula is C20H22N6OS. The lowest BCUT2D eigenvalue weighted by molar-refractivity contribution is 0.561. The molecule has 28 heavy (non-hydrogen) atoms. The molecule has 0 aromatic carbocycles. The van der Waals surface area contributed by atoms with Crippen LogP contribution in [-0.2, 0) is 13.6 Å². The number of anilines is 1. The highest BCUT2D eigenvalue weighted by Gasteiger charge is 2.23. The predicted octanol–water partition coefficient (Wildman–Crippen LogP) is 2.69. The molecule has 0 N–H and O–H groups in total. The van der Waals surface area contributed by atoms with Crippen molar-refractivity contribution in [1.29, 1.82) is 0 Å². The number of hydrogen-bond acceptors (Lipinski definition) is 6. The van der Waals surface area contributed by atoms with Crippen molar-refractivity contribution in [2.45, 2.75) is 42.9 Å². The molecule has 1 aliphatic rings. The van der Waals surface area contributed by atoms with E-state index in [0.29, 0.717) is 22.9 Å². The van der Waals surface area contributed by atoms with Crippen molar-refractivity contribution < 1.29 is 0 Å². The molecule has 7 nitrogen and oxygen atoms in total. The standard InChI is InChI=1S/C20H22N6OS/c1-3-4-14-26-16-17(22-19(26)25-12-8-5-9-13-25)23-20(24(2)18(16)27)28-15-10-6-7-11-21-15/h6-7,10-11H,5,8-9,12-14H2,1-2H3. The molecule has 1 fully saturated rings. The zero-order chi connectivity index (χ0) is 19.5. The molecule has 8 heteroatoms. The Morgan fingerprint density at radius 2 is 2.00 bits per heavy atom. The van der Waals surface area contributed by atoms with Crippen molar-refractivity contribution in [3.8, 4) is 11.8 Å². The van der Waals surface area contributed by atoms with Crippen molar-refractivity contribution in [3.05, 3.63) is 34.7 Å². The molecule has 4 rings (SSSR count). The Morgan fingerprint density at radius 3 is 2.71 bits per heavy atom. The number of fused-ring (bicyclic) bond motifs is 1. The summed E-state index contributed by atoms with van der Waals surface area (Å²) in [4.78, 5) is 29.2. The maximum absolute atomic E-state index is 13.2. The highest BCUT2D eigenvalue weighted by Crippen LogP contribution is 2.27. The number of nitrogens with zero attached hydrogens (tertiary/aromatic N) is 6. The second-order valence-electron chi connectivity index (χ2n) is 6.67. The third-order valence-electron chi connectivity index (χ3n) is 4.81. The first-order valence-electron chi connectivity index (χ1n) is 9.39. The molecule has 1 saturated heterocycles. The molecular weight excluding hydrogens is 372 g/mol. The van der Waals surface area contributed by atoms with Crippen LogP contribution in [0.5, 0.6) is 0 Å². The van der Waals surface area contributed by atoms with Gasteiger partial charge in [0.1, 0.15) is 5.03 Å². The van der Waals surface area contributed by atoms with Gasteiger partial charge in [-0.05, 0) is 50.1 Å². The van der Waals surface area contributed by atoms with E-state index in [1.165, 1.54) is 18.2 Å². The Morgan fingerprint density at radius 1 is 1.18 bits per heavy atom. The Bertz CT molecular complexity index is 1100. The molecule has 0 amide bonds. The third kappa shape index (κ3) is 3.50. The van der Waals surface area contributed by atoms with E-state index in [1.54, 1.807) is 24.7 Å². The number of aromatic nitrogens is 5. The number of imidazole rings is 1. The lowest BCUT2D eigenvalue weighted by Crippen LogP contribution is -2.32. The minimum atomic E-state index is -0.114. The second kappa shape index (κ2) is 8.07. The zero-order valence-corrected chi connectivity index (χ0v) is 16.9. The van der Waals surface area contributed by atoms with E-state index < -0.39 is 0 Å². The molecule has 3 aromatic heterocycles. The zero-order valence-electron chi connectivity index (χ0n) is 16.1. The summed E-state index contributed by atoms with van der Waals surface area (Å²) < 4.78 is 3.49. The smallest absolute Gasteiger partial charge is 0.280 e. The van der Waals surface area contributed by atoms with Gasteiger partial charge in [0.2, 0.25) is 5.95 Å². The van der Waals surface area contributed by atoms with Gasteiger partial charge in [0, 0.05) is 26.3 Å². The molecule has 4 heterocycles. The van der Waals surface area contributed by atoms with Gasteiger partial charge in [-0.25, -0.2) is 9.97 Å². The lowest BCUT2D eigenvalue weighted by Gasteiger charge is -2.27. The highest BCUT2D eigenvalue weighted by atomic mass is 32.2. The third-order valence-corrected chi connectivity index (χ3v) is 5.81. The summed E-state index contributed by atoms with van der Waals surface area (Å²) in [7, 11) is 1.74. The van der Waals surface area contributed by atoms with E-state index in [4.69, 9.17) is 9.97 Å².